The Morgan fingerprint density at radius 1 is 0.973 bits per heavy atom. The smallest absolute Gasteiger partial charge is 0.327 e. The Bertz CT molecular complexity index is 1140. The van der Waals surface area contributed by atoms with E-state index < -0.39 is 60.2 Å². The molecule has 0 saturated heterocycles. The Kier molecular flexibility index (Phi) is 10.9. The lowest BCUT2D eigenvalue weighted by Gasteiger charge is -2.26. The van der Waals surface area contributed by atoms with Crippen LogP contribution in [-0.4, -0.2) is 69.6 Å². The van der Waals surface area contributed by atoms with E-state index in [1.165, 1.54) is 0 Å². The van der Waals surface area contributed by atoms with Gasteiger partial charge in [0.05, 0.1) is 12.5 Å². The second-order valence-corrected chi connectivity index (χ2v) is 9.54. The number of nitrogens with one attached hydrogen (secondary N) is 4. The molecule has 1 heterocycles. The van der Waals surface area contributed by atoms with Crippen molar-refractivity contribution in [1.82, 2.24) is 20.9 Å². The van der Waals surface area contributed by atoms with Crippen molar-refractivity contribution in [2.45, 2.75) is 57.3 Å². The SMILES string of the molecule is CC(C)CC(NC(=O)C(Cc1c[nH]c2ccccc12)NC(=O)C(N)CC(N)=O)C(=O)NC(CS)C(=O)O. The predicted octanol–water partition coefficient (Wildman–Crippen LogP) is -0.572. The number of thiol groups is 1. The summed E-state index contributed by atoms with van der Waals surface area (Å²) in [6.45, 7) is 3.68. The second-order valence-electron chi connectivity index (χ2n) is 9.17. The van der Waals surface area contributed by atoms with Gasteiger partial charge >= 0.3 is 5.97 Å². The zero-order chi connectivity index (χ0) is 27.7. The molecule has 0 aliphatic carbocycles. The number of hydrogen-bond donors (Lipinski definition) is 8. The molecule has 0 bridgehead atoms. The van der Waals surface area contributed by atoms with Crippen molar-refractivity contribution in [3.05, 3.63) is 36.0 Å². The van der Waals surface area contributed by atoms with E-state index in [-0.39, 0.29) is 24.5 Å². The van der Waals surface area contributed by atoms with Crippen LogP contribution < -0.4 is 27.4 Å². The minimum absolute atomic E-state index is 0.0269. The first-order chi connectivity index (χ1) is 17.4. The Balaban J connectivity index is 2.30. The average molecular weight is 535 g/mol. The van der Waals surface area contributed by atoms with Crippen LogP contribution >= 0.6 is 12.6 Å². The van der Waals surface area contributed by atoms with Crippen LogP contribution in [0.15, 0.2) is 30.5 Å². The van der Waals surface area contributed by atoms with Gasteiger partial charge in [0.15, 0.2) is 0 Å². The summed E-state index contributed by atoms with van der Waals surface area (Å²) in [5.41, 5.74) is 12.5. The third kappa shape index (κ3) is 8.79. The molecule has 4 amide bonds. The maximum Gasteiger partial charge on any atom is 0.327 e. The number of para-hydroxylation sites is 1. The lowest BCUT2D eigenvalue weighted by atomic mass is 10.00. The summed E-state index contributed by atoms with van der Waals surface area (Å²) in [4.78, 5) is 64.6. The first kappa shape index (κ1) is 29.6. The highest BCUT2D eigenvalue weighted by molar-refractivity contribution is 7.80. The van der Waals surface area contributed by atoms with E-state index in [2.05, 4.69) is 33.6 Å². The number of primary amides is 1. The van der Waals surface area contributed by atoms with Gasteiger partial charge in [0.25, 0.3) is 0 Å². The zero-order valence-corrected chi connectivity index (χ0v) is 21.6. The van der Waals surface area contributed by atoms with Gasteiger partial charge in [-0.3, -0.25) is 19.2 Å². The summed E-state index contributed by atoms with van der Waals surface area (Å²) >= 11 is 3.95. The van der Waals surface area contributed by atoms with Crippen LogP contribution in [0, 0.1) is 5.92 Å². The summed E-state index contributed by atoms with van der Waals surface area (Å²) in [6, 6.07) is 2.66. The van der Waals surface area contributed by atoms with Crippen molar-refractivity contribution in [1.29, 1.82) is 0 Å². The van der Waals surface area contributed by atoms with Crippen LogP contribution in [0.3, 0.4) is 0 Å². The number of carboxylic acids is 1. The minimum Gasteiger partial charge on any atom is -0.480 e. The summed E-state index contributed by atoms with van der Waals surface area (Å²) in [6.07, 6.45) is 1.57. The fraction of sp³-hybridized carbons (Fsp3) is 0.458. The van der Waals surface area contributed by atoms with Gasteiger partial charge in [-0.1, -0.05) is 32.0 Å². The molecule has 4 unspecified atom stereocenters. The Hall–Kier alpha value is -3.58. The predicted molar refractivity (Wildman–Crippen MR) is 141 cm³/mol. The molecule has 2 aromatic rings. The van der Waals surface area contributed by atoms with Crippen molar-refractivity contribution < 1.29 is 29.1 Å². The number of aromatic amines is 1. The molecule has 1 aromatic heterocycles. The number of carbonyl (C=O) groups is 5. The van der Waals surface area contributed by atoms with Crippen molar-refractivity contribution in [3.8, 4) is 0 Å². The number of hydrogen-bond acceptors (Lipinski definition) is 7. The van der Waals surface area contributed by atoms with Crippen molar-refractivity contribution in [2.75, 3.05) is 5.75 Å². The van der Waals surface area contributed by atoms with Crippen LogP contribution in [0.25, 0.3) is 10.9 Å². The fourth-order valence-corrected chi connectivity index (χ4v) is 4.00. The number of benzene rings is 1. The molecule has 0 saturated carbocycles. The summed E-state index contributed by atoms with van der Waals surface area (Å²) < 4.78 is 0. The molecule has 4 atom stereocenters. The van der Waals surface area contributed by atoms with Crippen LogP contribution in [0.1, 0.15) is 32.3 Å². The van der Waals surface area contributed by atoms with Gasteiger partial charge in [0.2, 0.25) is 23.6 Å². The first-order valence-electron chi connectivity index (χ1n) is 11.8. The summed E-state index contributed by atoms with van der Waals surface area (Å²) in [5.74, 6) is -4.32. The largest absolute Gasteiger partial charge is 0.480 e. The molecule has 0 aliphatic heterocycles. The summed E-state index contributed by atoms with van der Waals surface area (Å²) in [5, 5.41) is 17.7. The maximum absolute atomic E-state index is 13.4. The third-order valence-corrected chi connectivity index (χ3v) is 5.99. The van der Waals surface area contributed by atoms with Crippen LogP contribution in [0.2, 0.25) is 0 Å². The normalized spacial score (nSPS) is 14.4. The van der Waals surface area contributed by atoms with Gasteiger partial charge in [0, 0.05) is 29.3 Å². The average Bonchev–Trinajstić information content (AvgIpc) is 3.23. The van der Waals surface area contributed by atoms with E-state index in [1.807, 2.05) is 38.1 Å². The number of nitrogens with two attached hydrogens (primary N) is 2. The molecule has 1 aromatic carbocycles. The molecule has 202 valence electrons. The third-order valence-electron chi connectivity index (χ3n) is 5.63. The van der Waals surface area contributed by atoms with Gasteiger partial charge in [-0.2, -0.15) is 12.6 Å². The number of carbonyl (C=O) groups excluding carboxylic acids is 4. The zero-order valence-electron chi connectivity index (χ0n) is 20.7. The van der Waals surface area contributed by atoms with E-state index in [4.69, 9.17) is 11.5 Å². The highest BCUT2D eigenvalue weighted by atomic mass is 32.1. The quantitative estimate of drug-likeness (QED) is 0.148. The first-order valence-corrected chi connectivity index (χ1v) is 12.4. The molecule has 0 spiro atoms. The van der Waals surface area contributed by atoms with Gasteiger partial charge in [-0.15, -0.1) is 0 Å². The standard InChI is InChI=1S/C24H34N6O6S/c1-12(2)7-17(22(33)30-19(11-37)24(35)36)29-23(34)18(28-21(32)15(25)9-20(26)31)8-13-10-27-16-6-4-3-5-14(13)16/h3-6,10,12,15,17-19,27,37H,7-9,11,25H2,1-2H3,(H2,26,31)(H,28,32)(H,29,34)(H,30,33)(H,35,36). The van der Waals surface area contributed by atoms with Crippen LogP contribution in [-0.2, 0) is 30.4 Å². The molecule has 37 heavy (non-hydrogen) atoms. The number of amides is 4. The minimum atomic E-state index is -1.27. The van der Waals surface area contributed by atoms with Gasteiger partial charge in [0.1, 0.15) is 18.1 Å². The molecule has 0 radical (unpaired) electrons. The van der Waals surface area contributed by atoms with Gasteiger partial charge in [-0.25, -0.2) is 4.79 Å². The van der Waals surface area contributed by atoms with Gasteiger partial charge in [-0.05, 0) is 24.0 Å². The topological polar surface area (TPSA) is 209 Å². The van der Waals surface area contributed by atoms with E-state index in [0.29, 0.717) is 0 Å². The molecule has 0 aliphatic rings. The number of rotatable bonds is 14. The highest BCUT2D eigenvalue weighted by Gasteiger charge is 2.31. The number of aliphatic carboxylic acids is 1. The molecule has 9 N–H and O–H groups in total. The second kappa shape index (κ2) is 13.7. The molecule has 2 rings (SSSR count). The van der Waals surface area contributed by atoms with E-state index in [0.717, 1.165) is 16.5 Å². The fourth-order valence-electron chi connectivity index (χ4n) is 3.75. The Morgan fingerprint density at radius 2 is 1.57 bits per heavy atom. The van der Waals surface area contributed by atoms with Crippen LogP contribution in [0.5, 0.6) is 0 Å². The van der Waals surface area contributed by atoms with E-state index in [9.17, 15) is 29.1 Å². The number of aromatic nitrogens is 1. The Labute approximate surface area is 219 Å². The highest BCUT2D eigenvalue weighted by Crippen LogP contribution is 2.19. The van der Waals surface area contributed by atoms with Crippen molar-refractivity contribution in [2.24, 2.45) is 17.4 Å². The van der Waals surface area contributed by atoms with Crippen molar-refractivity contribution in [3.63, 3.8) is 0 Å². The van der Waals surface area contributed by atoms with E-state index >= 15 is 0 Å². The molecule has 12 nitrogen and oxygen atoms in total. The number of H-pyrrole nitrogens is 1. The molecular formula is C24H34N6O6S. The monoisotopic (exact) mass is 534 g/mol. The molecular weight excluding hydrogens is 500 g/mol. The lowest BCUT2D eigenvalue weighted by Crippen LogP contribution is -2.58. The number of fused-ring (bicyclic) bond motifs is 1. The van der Waals surface area contributed by atoms with E-state index in [1.54, 1.807) is 6.20 Å². The maximum atomic E-state index is 13.4. The van der Waals surface area contributed by atoms with Crippen molar-refractivity contribution >= 4 is 53.1 Å². The van der Waals surface area contributed by atoms with Crippen LogP contribution in [0.4, 0.5) is 0 Å². The molecule has 0 fully saturated rings. The number of carboxylic acid groups (broad SMARTS) is 1. The summed E-state index contributed by atoms with van der Waals surface area (Å²) in [7, 11) is 0. The van der Waals surface area contributed by atoms with Gasteiger partial charge < -0.3 is 37.5 Å². The lowest BCUT2D eigenvalue weighted by molar-refractivity contribution is -0.141. The molecule has 13 heteroatoms. The Morgan fingerprint density at radius 3 is 2.16 bits per heavy atom.